The summed E-state index contributed by atoms with van der Waals surface area (Å²) in [5.74, 6) is -1.52. The van der Waals surface area contributed by atoms with Gasteiger partial charge in [-0.2, -0.15) is 0 Å². The number of hydrogen-bond donors (Lipinski definition) is 1. The van der Waals surface area contributed by atoms with E-state index in [4.69, 9.17) is 0 Å². The van der Waals surface area contributed by atoms with E-state index in [0.717, 1.165) is 36.8 Å². The Morgan fingerprint density at radius 3 is 2.15 bits per heavy atom. The molecule has 2 aliphatic rings. The summed E-state index contributed by atoms with van der Waals surface area (Å²) in [5.41, 5.74) is 3.07. The number of carbonyl (C=O) groups is 2. The van der Waals surface area contributed by atoms with Gasteiger partial charge >= 0.3 is 0 Å². The quantitative estimate of drug-likeness (QED) is 0.589. The minimum Gasteiger partial charge on any atom is -0.369 e. The normalized spacial score (nSPS) is 17.0. The van der Waals surface area contributed by atoms with Gasteiger partial charge in [0.2, 0.25) is 0 Å². The molecule has 0 atom stereocenters. The number of benzene rings is 3. The lowest BCUT2D eigenvalue weighted by atomic mass is 10.0. The van der Waals surface area contributed by atoms with Gasteiger partial charge in [0.1, 0.15) is 11.5 Å². The number of anilines is 3. The number of amides is 2. The van der Waals surface area contributed by atoms with Crippen molar-refractivity contribution in [1.29, 1.82) is 0 Å². The third-order valence-electron chi connectivity index (χ3n) is 6.22. The molecule has 1 fully saturated rings. The molecule has 34 heavy (non-hydrogen) atoms. The lowest BCUT2D eigenvalue weighted by Gasteiger charge is -2.34. The maximum Gasteiger partial charge on any atom is 0.282 e. The highest BCUT2D eigenvalue weighted by molar-refractivity contribution is 6.46. The van der Waals surface area contributed by atoms with E-state index in [1.54, 1.807) is 18.2 Å². The van der Waals surface area contributed by atoms with E-state index >= 15 is 0 Å². The standard InChI is InChI=1S/C27H25FN4O2/c1-30-14-16-31(17-15-30)22-12-10-21(11-13-22)29-25-24(19-6-3-2-4-7-19)26(33)32(27(25)34)23-9-5-8-20(28)18-23/h2-13,18,29H,14-17H2,1H3. The third-order valence-corrected chi connectivity index (χ3v) is 6.22. The maximum absolute atomic E-state index is 13.9. The molecule has 0 radical (unpaired) electrons. The molecule has 172 valence electrons. The number of imide groups is 1. The van der Waals surface area contributed by atoms with Crippen molar-refractivity contribution in [3.8, 4) is 0 Å². The van der Waals surface area contributed by atoms with Gasteiger partial charge in [-0.3, -0.25) is 9.59 Å². The Morgan fingerprint density at radius 2 is 1.47 bits per heavy atom. The molecule has 0 spiro atoms. The largest absolute Gasteiger partial charge is 0.369 e. The van der Waals surface area contributed by atoms with Crippen molar-refractivity contribution in [2.45, 2.75) is 0 Å². The van der Waals surface area contributed by atoms with Crippen molar-refractivity contribution < 1.29 is 14.0 Å². The van der Waals surface area contributed by atoms with Gasteiger partial charge in [0.15, 0.2) is 0 Å². The first-order valence-corrected chi connectivity index (χ1v) is 11.3. The molecular formula is C27H25FN4O2. The zero-order chi connectivity index (χ0) is 23.7. The fraction of sp³-hybridized carbons (Fsp3) is 0.185. The van der Waals surface area contributed by atoms with Crippen molar-refractivity contribution in [2.75, 3.05) is 48.3 Å². The molecule has 0 aliphatic carbocycles. The summed E-state index contributed by atoms with van der Waals surface area (Å²) in [4.78, 5) is 32.5. The van der Waals surface area contributed by atoms with Crippen LogP contribution >= 0.6 is 0 Å². The molecule has 0 unspecified atom stereocenters. The van der Waals surface area contributed by atoms with Crippen LogP contribution in [0.4, 0.5) is 21.5 Å². The molecule has 3 aromatic rings. The van der Waals surface area contributed by atoms with Crippen LogP contribution < -0.4 is 15.1 Å². The van der Waals surface area contributed by atoms with Crippen LogP contribution in [0.1, 0.15) is 5.56 Å². The number of rotatable bonds is 5. The second kappa shape index (κ2) is 9.11. The van der Waals surface area contributed by atoms with Crippen LogP contribution in [0.5, 0.6) is 0 Å². The Balaban J connectivity index is 1.46. The minimum atomic E-state index is -0.516. The maximum atomic E-state index is 13.9. The Morgan fingerprint density at radius 1 is 0.765 bits per heavy atom. The SMILES string of the molecule is CN1CCN(c2ccc(NC3=C(c4ccccc4)C(=O)N(c4cccc(F)c4)C3=O)cc2)CC1. The van der Waals surface area contributed by atoms with Crippen LogP contribution in [0.3, 0.4) is 0 Å². The van der Waals surface area contributed by atoms with Crippen LogP contribution in [-0.4, -0.2) is 49.9 Å². The van der Waals surface area contributed by atoms with E-state index < -0.39 is 17.6 Å². The average molecular weight is 457 g/mol. The van der Waals surface area contributed by atoms with Crippen LogP contribution in [-0.2, 0) is 9.59 Å². The van der Waals surface area contributed by atoms with Gasteiger partial charge in [0, 0.05) is 37.6 Å². The van der Waals surface area contributed by atoms with E-state index in [-0.39, 0.29) is 17.0 Å². The second-order valence-electron chi connectivity index (χ2n) is 8.50. The summed E-state index contributed by atoms with van der Waals surface area (Å²) in [6.45, 7) is 3.95. The van der Waals surface area contributed by atoms with E-state index in [1.807, 2.05) is 42.5 Å². The van der Waals surface area contributed by atoms with E-state index in [2.05, 4.69) is 22.2 Å². The van der Waals surface area contributed by atoms with Crippen molar-refractivity contribution >= 4 is 34.4 Å². The van der Waals surface area contributed by atoms with Gasteiger partial charge in [-0.05, 0) is 55.1 Å². The van der Waals surface area contributed by atoms with Crippen LogP contribution in [0.15, 0.2) is 84.6 Å². The van der Waals surface area contributed by atoms with Gasteiger partial charge in [0.05, 0.1) is 11.3 Å². The number of hydrogen-bond acceptors (Lipinski definition) is 5. The van der Waals surface area contributed by atoms with Crippen LogP contribution in [0, 0.1) is 5.82 Å². The first kappa shape index (κ1) is 21.9. The van der Waals surface area contributed by atoms with Crippen molar-refractivity contribution in [2.24, 2.45) is 0 Å². The molecule has 2 amide bonds. The smallest absolute Gasteiger partial charge is 0.282 e. The first-order chi connectivity index (χ1) is 16.5. The number of nitrogens with one attached hydrogen (secondary N) is 1. The highest BCUT2D eigenvalue weighted by atomic mass is 19.1. The molecule has 2 aliphatic heterocycles. The number of nitrogens with zero attached hydrogens (tertiary/aromatic N) is 3. The molecule has 2 heterocycles. The monoisotopic (exact) mass is 456 g/mol. The van der Waals surface area contributed by atoms with Gasteiger partial charge in [-0.1, -0.05) is 36.4 Å². The molecule has 3 aromatic carbocycles. The highest BCUT2D eigenvalue weighted by Gasteiger charge is 2.40. The summed E-state index contributed by atoms with van der Waals surface area (Å²) in [6, 6.07) is 22.4. The van der Waals surface area contributed by atoms with Gasteiger partial charge in [0.25, 0.3) is 11.8 Å². The van der Waals surface area contributed by atoms with Gasteiger partial charge < -0.3 is 15.1 Å². The minimum absolute atomic E-state index is 0.174. The van der Waals surface area contributed by atoms with Crippen molar-refractivity contribution in [3.05, 3.63) is 95.9 Å². The van der Waals surface area contributed by atoms with E-state index in [0.29, 0.717) is 11.3 Å². The molecule has 0 bridgehead atoms. The van der Waals surface area contributed by atoms with Crippen LogP contribution in [0.2, 0.25) is 0 Å². The Hall–Kier alpha value is -3.97. The highest BCUT2D eigenvalue weighted by Crippen LogP contribution is 2.34. The van der Waals surface area contributed by atoms with Gasteiger partial charge in [-0.25, -0.2) is 9.29 Å². The first-order valence-electron chi connectivity index (χ1n) is 11.3. The Labute approximate surface area is 197 Å². The fourth-order valence-electron chi connectivity index (χ4n) is 4.33. The molecule has 1 saturated heterocycles. The molecule has 7 heteroatoms. The number of likely N-dealkylation sites (N-methyl/N-ethyl adjacent to an activating group) is 1. The third kappa shape index (κ3) is 4.18. The summed E-state index contributed by atoms with van der Waals surface area (Å²) >= 11 is 0. The summed E-state index contributed by atoms with van der Waals surface area (Å²) in [5, 5.41) is 3.17. The van der Waals surface area contributed by atoms with Gasteiger partial charge in [-0.15, -0.1) is 0 Å². The Kier molecular flexibility index (Phi) is 5.86. The fourth-order valence-corrected chi connectivity index (χ4v) is 4.33. The molecular weight excluding hydrogens is 431 g/mol. The van der Waals surface area contributed by atoms with E-state index in [9.17, 15) is 14.0 Å². The Bertz CT molecular complexity index is 1250. The second-order valence-corrected chi connectivity index (χ2v) is 8.50. The average Bonchev–Trinajstić information content (AvgIpc) is 3.09. The van der Waals surface area contributed by atoms with Crippen molar-refractivity contribution in [3.63, 3.8) is 0 Å². The topological polar surface area (TPSA) is 55.9 Å². The summed E-state index contributed by atoms with van der Waals surface area (Å²) < 4.78 is 13.9. The summed E-state index contributed by atoms with van der Waals surface area (Å²) in [7, 11) is 2.12. The van der Waals surface area contributed by atoms with Crippen molar-refractivity contribution in [1.82, 2.24) is 4.90 Å². The molecule has 6 nitrogen and oxygen atoms in total. The molecule has 5 rings (SSSR count). The number of carbonyl (C=O) groups excluding carboxylic acids is 2. The van der Waals surface area contributed by atoms with Crippen LogP contribution in [0.25, 0.3) is 5.57 Å². The lowest BCUT2D eigenvalue weighted by molar-refractivity contribution is -0.120. The number of halogens is 1. The number of piperazine rings is 1. The zero-order valence-corrected chi connectivity index (χ0v) is 18.9. The molecule has 0 saturated carbocycles. The predicted molar refractivity (Wildman–Crippen MR) is 132 cm³/mol. The zero-order valence-electron chi connectivity index (χ0n) is 18.9. The summed E-state index contributed by atoms with van der Waals surface area (Å²) in [6.07, 6.45) is 0. The lowest BCUT2D eigenvalue weighted by Crippen LogP contribution is -2.44. The molecule has 1 N–H and O–H groups in total. The molecule has 0 aromatic heterocycles. The predicted octanol–water partition coefficient (Wildman–Crippen LogP) is 3.97. The van der Waals surface area contributed by atoms with E-state index in [1.165, 1.54) is 18.2 Å².